The van der Waals surface area contributed by atoms with Crippen LogP contribution in [0.1, 0.15) is 30.9 Å². The van der Waals surface area contributed by atoms with Crippen molar-refractivity contribution in [2.75, 3.05) is 25.0 Å². The Balaban J connectivity index is 1.98. The van der Waals surface area contributed by atoms with E-state index in [-0.39, 0.29) is 17.9 Å². The van der Waals surface area contributed by atoms with Crippen LogP contribution in [0, 0.1) is 19.8 Å². The summed E-state index contributed by atoms with van der Waals surface area (Å²) < 4.78 is 5.06. The third-order valence-corrected chi connectivity index (χ3v) is 3.80. The van der Waals surface area contributed by atoms with Crippen LogP contribution in [-0.4, -0.2) is 36.6 Å². The number of aryl methyl sites for hydroxylation is 2. The van der Waals surface area contributed by atoms with Gasteiger partial charge in [-0.2, -0.15) is 0 Å². The lowest BCUT2D eigenvalue weighted by atomic mass is 9.98. The van der Waals surface area contributed by atoms with Crippen molar-refractivity contribution in [1.29, 1.82) is 0 Å². The molecular formula is C17H24N2O3. The number of likely N-dealkylation sites (tertiary alicyclic amines) is 1. The quantitative estimate of drug-likeness (QED) is 0.873. The van der Waals surface area contributed by atoms with Crippen molar-refractivity contribution < 1.29 is 14.3 Å². The molecular weight excluding hydrogens is 280 g/mol. The van der Waals surface area contributed by atoms with Crippen molar-refractivity contribution in [3.8, 4) is 0 Å². The van der Waals surface area contributed by atoms with Gasteiger partial charge in [-0.05, 0) is 56.9 Å². The largest absolute Gasteiger partial charge is 0.466 e. The fourth-order valence-corrected chi connectivity index (χ4v) is 2.86. The number of hydrogen-bond acceptors (Lipinski definition) is 3. The molecule has 1 aliphatic rings. The Labute approximate surface area is 131 Å². The van der Waals surface area contributed by atoms with E-state index in [2.05, 4.69) is 11.4 Å². The number of anilines is 1. The Morgan fingerprint density at radius 2 is 1.95 bits per heavy atom. The molecule has 5 nitrogen and oxygen atoms in total. The maximum Gasteiger partial charge on any atom is 0.321 e. The molecule has 1 fully saturated rings. The zero-order chi connectivity index (χ0) is 16.1. The number of hydrogen-bond donors (Lipinski definition) is 1. The molecule has 1 N–H and O–H groups in total. The molecule has 1 aliphatic heterocycles. The van der Waals surface area contributed by atoms with Crippen LogP contribution in [0.4, 0.5) is 10.5 Å². The molecule has 2 amide bonds. The number of nitrogens with one attached hydrogen (secondary N) is 1. The van der Waals surface area contributed by atoms with Crippen LogP contribution in [0.25, 0.3) is 0 Å². The number of benzene rings is 1. The van der Waals surface area contributed by atoms with Crippen LogP contribution < -0.4 is 5.32 Å². The Hall–Kier alpha value is -2.04. The second-order valence-electron chi connectivity index (χ2n) is 5.84. The highest BCUT2D eigenvalue weighted by Gasteiger charge is 2.29. The highest BCUT2D eigenvalue weighted by Crippen LogP contribution is 2.20. The Morgan fingerprint density at radius 1 is 1.27 bits per heavy atom. The number of esters is 1. The molecule has 0 aliphatic carbocycles. The van der Waals surface area contributed by atoms with Gasteiger partial charge >= 0.3 is 12.0 Å². The Morgan fingerprint density at radius 3 is 2.59 bits per heavy atom. The predicted molar refractivity (Wildman–Crippen MR) is 85.9 cm³/mol. The smallest absolute Gasteiger partial charge is 0.321 e. The van der Waals surface area contributed by atoms with Crippen molar-refractivity contribution in [2.45, 2.75) is 33.6 Å². The molecule has 2 rings (SSSR count). The minimum atomic E-state index is -0.210. The summed E-state index contributed by atoms with van der Waals surface area (Å²) in [4.78, 5) is 25.9. The second-order valence-corrected chi connectivity index (χ2v) is 5.84. The van der Waals surface area contributed by atoms with Crippen LogP contribution in [0.5, 0.6) is 0 Å². The highest BCUT2D eigenvalue weighted by atomic mass is 16.5. The summed E-state index contributed by atoms with van der Waals surface area (Å²) in [6.07, 6.45) is 1.61. The van der Waals surface area contributed by atoms with Gasteiger partial charge < -0.3 is 15.0 Å². The summed E-state index contributed by atoms with van der Waals surface area (Å²) in [5.74, 6) is -0.412. The Kier molecular flexibility index (Phi) is 5.41. The lowest BCUT2D eigenvalue weighted by Crippen LogP contribution is -2.44. The number of rotatable bonds is 3. The number of nitrogens with zero attached hydrogens (tertiary/aromatic N) is 1. The van der Waals surface area contributed by atoms with Crippen LogP contribution in [0.15, 0.2) is 18.2 Å². The summed E-state index contributed by atoms with van der Waals surface area (Å²) in [5.41, 5.74) is 3.01. The third kappa shape index (κ3) is 4.23. The second kappa shape index (κ2) is 7.29. The van der Waals surface area contributed by atoms with Gasteiger partial charge in [0.25, 0.3) is 0 Å². The fraction of sp³-hybridized carbons (Fsp3) is 0.529. The molecule has 1 aromatic rings. The molecule has 1 atom stereocenters. The average molecular weight is 304 g/mol. The van der Waals surface area contributed by atoms with Gasteiger partial charge in [-0.15, -0.1) is 0 Å². The number of ether oxygens (including phenoxy) is 1. The van der Waals surface area contributed by atoms with Gasteiger partial charge in [0.1, 0.15) is 0 Å². The summed E-state index contributed by atoms with van der Waals surface area (Å²) in [7, 11) is 0. The van der Waals surface area contributed by atoms with Crippen LogP contribution in [-0.2, 0) is 9.53 Å². The first-order valence-electron chi connectivity index (χ1n) is 7.80. The van der Waals surface area contributed by atoms with Gasteiger partial charge in [-0.25, -0.2) is 4.79 Å². The van der Waals surface area contributed by atoms with Gasteiger partial charge in [-0.1, -0.05) is 6.07 Å². The zero-order valence-corrected chi connectivity index (χ0v) is 13.5. The van der Waals surface area contributed by atoms with Crippen LogP contribution >= 0.6 is 0 Å². The maximum atomic E-state index is 12.4. The van der Waals surface area contributed by atoms with Crippen molar-refractivity contribution >= 4 is 17.7 Å². The molecule has 120 valence electrons. The van der Waals surface area contributed by atoms with Crippen LogP contribution in [0.3, 0.4) is 0 Å². The third-order valence-electron chi connectivity index (χ3n) is 3.80. The summed E-state index contributed by atoms with van der Waals surface area (Å²) in [6, 6.07) is 5.79. The summed E-state index contributed by atoms with van der Waals surface area (Å²) in [5, 5.41) is 2.92. The molecule has 1 saturated heterocycles. The lowest BCUT2D eigenvalue weighted by Gasteiger charge is -2.31. The average Bonchev–Trinajstić information content (AvgIpc) is 2.46. The van der Waals surface area contributed by atoms with Crippen molar-refractivity contribution in [1.82, 2.24) is 4.90 Å². The van der Waals surface area contributed by atoms with E-state index < -0.39 is 0 Å². The van der Waals surface area contributed by atoms with E-state index in [4.69, 9.17) is 4.74 Å². The van der Waals surface area contributed by atoms with Crippen LogP contribution in [0.2, 0.25) is 0 Å². The van der Waals surface area contributed by atoms with E-state index in [9.17, 15) is 9.59 Å². The van der Waals surface area contributed by atoms with Crippen molar-refractivity contribution in [3.63, 3.8) is 0 Å². The van der Waals surface area contributed by atoms with E-state index in [1.54, 1.807) is 11.8 Å². The number of amides is 2. The van der Waals surface area contributed by atoms with Crippen molar-refractivity contribution in [3.05, 3.63) is 29.3 Å². The first-order chi connectivity index (χ1) is 10.5. The monoisotopic (exact) mass is 304 g/mol. The van der Waals surface area contributed by atoms with E-state index >= 15 is 0 Å². The first kappa shape index (κ1) is 16.3. The summed E-state index contributed by atoms with van der Waals surface area (Å²) >= 11 is 0. The molecule has 0 bridgehead atoms. The minimum Gasteiger partial charge on any atom is -0.466 e. The molecule has 5 heteroatoms. The number of piperidine rings is 1. The normalized spacial score (nSPS) is 18.0. The lowest BCUT2D eigenvalue weighted by molar-refractivity contribution is -0.149. The predicted octanol–water partition coefficient (Wildman–Crippen LogP) is 3.11. The van der Waals surface area contributed by atoms with E-state index in [1.165, 1.54) is 0 Å². The molecule has 0 radical (unpaired) electrons. The number of carbonyl (C=O) groups is 2. The van der Waals surface area contributed by atoms with Gasteiger partial charge in [-0.3, -0.25) is 4.79 Å². The number of urea groups is 1. The zero-order valence-electron chi connectivity index (χ0n) is 13.5. The van der Waals surface area contributed by atoms with Gasteiger partial charge in [0.2, 0.25) is 0 Å². The molecule has 1 aromatic carbocycles. The summed E-state index contributed by atoms with van der Waals surface area (Å²) in [6.45, 7) is 7.28. The highest BCUT2D eigenvalue weighted by molar-refractivity contribution is 5.90. The van der Waals surface area contributed by atoms with Gasteiger partial charge in [0.15, 0.2) is 0 Å². The molecule has 22 heavy (non-hydrogen) atoms. The van der Waals surface area contributed by atoms with Gasteiger partial charge in [0, 0.05) is 18.8 Å². The fourth-order valence-electron chi connectivity index (χ4n) is 2.86. The van der Waals surface area contributed by atoms with Gasteiger partial charge in [0.05, 0.1) is 12.5 Å². The molecule has 0 spiro atoms. The van der Waals surface area contributed by atoms with Crippen molar-refractivity contribution in [2.24, 2.45) is 5.92 Å². The maximum absolute atomic E-state index is 12.4. The SMILES string of the molecule is CCOC(=O)C1CCCN(C(=O)Nc2cc(C)cc(C)c2)C1. The van der Waals surface area contributed by atoms with E-state index in [1.807, 2.05) is 26.0 Å². The van der Waals surface area contributed by atoms with E-state index in [0.29, 0.717) is 19.7 Å². The molecule has 1 heterocycles. The number of carbonyl (C=O) groups excluding carboxylic acids is 2. The Bertz CT molecular complexity index is 537. The van der Waals surface area contributed by atoms with E-state index in [0.717, 1.165) is 29.7 Å². The standard InChI is InChI=1S/C17H24N2O3/c1-4-22-16(20)14-6-5-7-19(11-14)17(21)18-15-9-12(2)8-13(3)10-15/h8-10,14H,4-7,11H2,1-3H3,(H,18,21). The first-order valence-corrected chi connectivity index (χ1v) is 7.80. The molecule has 0 saturated carbocycles. The molecule has 0 aromatic heterocycles. The molecule has 1 unspecified atom stereocenters. The minimum absolute atomic E-state index is 0.154. The topological polar surface area (TPSA) is 58.6 Å².